The van der Waals surface area contributed by atoms with Gasteiger partial charge in [-0.05, 0) is 45.8 Å². The summed E-state index contributed by atoms with van der Waals surface area (Å²) in [6, 6.07) is 22.8. The van der Waals surface area contributed by atoms with Crippen molar-refractivity contribution in [3.8, 4) is 16.9 Å². The highest BCUT2D eigenvalue weighted by Crippen LogP contribution is 2.55. The van der Waals surface area contributed by atoms with Crippen LogP contribution >= 0.6 is 0 Å². The number of amides is 1. The molecule has 1 N–H and O–H groups in total. The Hall–Kier alpha value is -3.73. The van der Waals surface area contributed by atoms with E-state index in [4.69, 9.17) is 4.74 Å². The molecule has 0 spiro atoms. The second-order valence-corrected chi connectivity index (χ2v) is 8.13. The van der Waals surface area contributed by atoms with E-state index in [1.165, 1.54) is 0 Å². The van der Waals surface area contributed by atoms with Crippen molar-refractivity contribution in [3.63, 3.8) is 0 Å². The molecule has 2 atom stereocenters. The SMILES string of the molecule is COc1cccc(-c2ccc(CNC(=O)C3CC3(F)c3ccccc3)c3cnccc23)c1. The molecule has 0 radical (unpaired) electrons. The number of ether oxygens (including phenoxy) is 1. The maximum atomic E-state index is 15.1. The number of hydrogen-bond donors (Lipinski definition) is 1. The van der Waals surface area contributed by atoms with Crippen LogP contribution in [0.1, 0.15) is 17.5 Å². The molecule has 32 heavy (non-hydrogen) atoms. The molecule has 0 aliphatic heterocycles. The minimum atomic E-state index is -1.56. The molecule has 5 rings (SSSR count). The van der Waals surface area contributed by atoms with Crippen molar-refractivity contribution in [2.24, 2.45) is 5.92 Å². The van der Waals surface area contributed by atoms with Gasteiger partial charge in [0.1, 0.15) is 11.4 Å². The number of nitrogens with zero attached hydrogens (tertiary/aromatic N) is 1. The normalized spacial score (nSPS) is 19.5. The van der Waals surface area contributed by atoms with Crippen LogP contribution in [-0.4, -0.2) is 18.0 Å². The standard InChI is InChI=1S/C27H23FN2O2/c1-32-21-9-5-6-18(14-21)22-11-10-19(24-17-29-13-12-23(22)24)16-30-26(31)25-15-27(25,28)20-7-3-2-4-8-20/h2-14,17,25H,15-16H2,1H3,(H,30,31). The first kappa shape index (κ1) is 20.2. The van der Waals surface area contributed by atoms with Crippen LogP contribution < -0.4 is 10.1 Å². The number of aromatic nitrogens is 1. The van der Waals surface area contributed by atoms with E-state index in [9.17, 15) is 4.79 Å². The molecule has 1 fully saturated rings. The van der Waals surface area contributed by atoms with Gasteiger partial charge in [0.2, 0.25) is 5.91 Å². The van der Waals surface area contributed by atoms with E-state index in [0.717, 1.165) is 33.2 Å². The Morgan fingerprint density at radius 3 is 2.75 bits per heavy atom. The average molecular weight is 426 g/mol. The Bertz CT molecular complexity index is 1290. The highest BCUT2D eigenvalue weighted by Gasteiger charge is 2.60. The molecule has 1 amide bonds. The Labute approximate surface area is 186 Å². The van der Waals surface area contributed by atoms with Crippen molar-refractivity contribution < 1.29 is 13.9 Å². The summed E-state index contributed by atoms with van der Waals surface area (Å²) < 4.78 is 20.5. The smallest absolute Gasteiger partial charge is 0.227 e. The lowest BCUT2D eigenvalue weighted by Crippen LogP contribution is -2.27. The lowest BCUT2D eigenvalue weighted by atomic mass is 9.96. The highest BCUT2D eigenvalue weighted by molar-refractivity contribution is 5.98. The third kappa shape index (κ3) is 3.60. The summed E-state index contributed by atoms with van der Waals surface area (Å²) in [6.07, 6.45) is 3.79. The minimum absolute atomic E-state index is 0.222. The second kappa shape index (κ2) is 8.08. The molecule has 5 heteroatoms. The number of nitrogens with one attached hydrogen (secondary N) is 1. The quantitative estimate of drug-likeness (QED) is 0.448. The number of methoxy groups -OCH3 is 1. The molecule has 1 aliphatic carbocycles. The zero-order valence-corrected chi connectivity index (χ0v) is 17.7. The highest BCUT2D eigenvalue weighted by atomic mass is 19.1. The van der Waals surface area contributed by atoms with Gasteiger partial charge in [-0.1, -0.05) is 54.6 Å². The van der Waals surface area contributed by atoms with Crippen LogP contribution in [0.2, 0.25) is 0 Å². The second-order valence-electron chi connectivity index (χ2n) is 8.13. The van der Waals surface area contributed by atoms with Gasteiger partial charge in [0.25, 0.3) is 0 Å². The molecular weight excluding hydrogens is 403 g/mol. The van der Waals surface area contributed by atoms with Crippen LogP contribution in [0.3, 0.4) is 0 Å². The fourth-order valence-corrected chi connectivity index (χ4v) is 4.32. The van der Waals surface area contributed by atoms with Crippen molar-refractivity contribution in [2.75, 3.05) is 7.11 Å². The van der Waals surface area contributed by atoms with E-state index in [1.807, 2.05) is 48.5 Å². The van der Waals surface area contributed by atoms with Crippen molar-refractivity contribution in [3.05, 3.63) is 96.3 Å². The number of fused-ring (bicyclic) bond motifs is 1. The number of carbonyl (C=O) groups excluding carboxylic acids is 1. The Morgan fingerprint density at radius 1 is 1.09 bits per heavy atom. The number of rotatable bonds is 6. The van der Waals surface area contributed by atoms with E-state index in [0.29, 0.717) is 12.1 Å². The summed E-state index contributed by atoms with van der Waals surface area (Å²) in [5.41, 5.74) is 2.05. The molecule has 4 aromatic rings. The zero-order valence-electron chi connectivity index (χ0n) is 17.7. The van der Waals surface area contributed by atoms with Crippen molar-refractivity contribution in [1.29, 1.82) is 0 Å². The summed E-state index contributed by atoms with van der Waals surface area (Å²) in [6.45, 7) is 0.320. The first-order valence-corrected chi connectivity index (χ1v) is 10.6. The number of alkyl halides is 1. The van der Waals surface area contributed by atoms with E-state index < -0.39 is 11.6 Å². The molecule has 2 unspecified atom stereocenters. The van der Waals surface area contributed by atoms with Gasteiger partial charge in [0, 0.05) is 30.7 Å². The van der Waals surface area contributed by atoms with Crippen LogP contribution in [0.4, 0.5) is 4.39 Å². The first-order chi connectivity index (χ1) is 15.6. The van der Waals surface area contributed by atoms with Gasteiger partial charge in [0.05, 0.1) is 13.0 Å². The number of benzene rings is 3. The van der Waals surface area contributed by atoms with E-state index >= 15 is 4.39 Å². The third-order valence-electron chi connectivity index (χ3n) is 6.21. The third-order valence-corrected chi connectivity index (χ3v) is 6.21. The number of hydrogen-bond acceptors (Lipinski definition) is 3. The molecule has 1 aromatic heterocycles. The fourth-order valence-electron chi connectivity index (χ4n) is 4.32. The lowest BCUT2D eigenvalue weighted by Gasteiger charge is -2.13. The molecule has 1 saturated carbocycles. The van der Waals surface area contributed by atoms with Gasteiger partial charge in [-0.3, -0.25) is 9.78 Å². The number of pyridine rings is 1. The summed E-state index contributed by atoms with van der Waals surface area (Å²) in [5, 5.41) is 4.92. The first-order valence-electron chi connectivity index (χ1n) is 10.6. The van der Waals surface area contributed by atoms with Crippen LogP contribution in [0.5, 0.6) is 5.75 Å². The van der Waals surface area contributed by atoms with Gasteiger partial charge >= 0.3 is 0 Å². The Kier molecular flexibility index (Phi) is 5.10. The van der Waals surface area contributed by atoms with Gasteiger partial charge in [-0.2, -0.15) is 0 Å². The van der Waals surface area contributed by atoms with Crippen LogP contribution in [0.15, 0.2) is 85.2 Å². The van der Waals surface area contributed by atoms with Gasteiger partial charge in [-0.15, -0.1) is 0 Å². The maximum Gasteiger partial charge on any atom is 0.227 e. The summed E-state index contributed by atoms with van der Waals surface area (Å²) in [5.74, 6) is -0.116. The fraction of sp³-hybridized carbons (Fsp3) is 0.185. The molecule has 160 valence electrons. The summed E-state index contributed by atoms with van der Waals surface area (Å²) in [7, 11) is 1.65. The minimum Gasteiger partial charge on any atom is -0.497 e. The van der Waals surface area contributed by atoms with E-state index in [2.05, 4.69) is 10.3 Å². The maximum absolute atomic E-state index is 15.1. The van der Waals surface area contributed by atoms with Gasteiger partial charge < -0.3 is 10.1 Å². The molecule has 1 aliphatic rings. The van der Waals surface area contributed by atoms with Crippen molar-refractivity contribution >= 4 is 16.7 Å². The topological polar surface area (TPSA) is 51.2 Å². The van der Waals surface area contributed by atoms with Crippen molar-refractivity contribution in [1.82, 2.24) is 10.3 Å². The van der Waals surface area contributed by atoms with Gasteiger partial charge in [-0.25, -0.2) is 4.39 Å². The van der Waals surface area contributed by atoms with Crippen LogP contribution in [-0.2, 0) is 17.0 Å². The number of halogens is 1. The number of carbonyl (C=O) groups is 1. The lowest BCUT2D eigenvalue weighted by molar-refractivity contribution is -0.123. The summed E-state index contributed by atoms with van der Waals surface area (Å²) in [4.78, 5) is 17.0. The average Bonchev–Trinajstić information content (AvgIpc) is 3.56. The zero-order chi connectivity index (χ0) is 22.1. The molecule has 0 bridgehead atoms. The predicted molar refractivity (Wildman–Crippen MR) is 123 cm³/mol. The Morgan fingerprint density at radius 2 is 1.94 bits per heavy atom. The van der Waals surface area contributed by atoms with E-state index in [1.54, 1.807) is 43.8 Å². The molecule has 1 heterocycles. The Balaban J connectivity index is 1.37. The van der Waals surface area contributed by atoms with E-state index in [-0.39, 0.29) is 12.3 Å². The monoisotopic (exact) mass is 426 g/mol. The molecule has 4 nitrogen and oxygen atoms in total. The van der Waals surface area contributed by atoms with Crippen molar-refractivity contribution in [2.45, 2.75) is 18.6 Å². The largest absolute Gasteiger partial charge is 0.497 e. The molecule has 0 saturated heterocycles. The predicted octanol–water partition coefficient (Wildman–Crippen LogP) is 5.41. The van der Waals surface area contributed by atoms with Crippen LogP contribution in [0, 0.1) is 5.92 Å². The summed E-state index contributed by atoms with van der Waals surface area (Å²) >= 11 is 0. The van der Waals surface area contributed by atoms with Gasteiger partial charge in [0.15, 0.2) is 0 Å². The molecule has 3 aromatic carbocycles. The van der Waals surface area contributed by atoms with Crippen LogP contribution in [0.25, 0.3) is 21.9 Å². The molecular formula is C27H23FN2O2.